The second-order valence-corrected chi connectivity index (χ2v) is 37.7. The van der Waals surface area contributed by atoms with Gasteiger partial charge in [0.15, 0.2) is 0 Å². The molecule has 0 spiro atoms. The molecular formula is C7H6I4Si. The van der Waals surface area contributed by atoms with E-state index in [0.717, 1.165) is 4.43 Å². The zero-order chi connectivity index (χ0) is 9.19. The molecule has 0 aliphatic heterocycles. The van der Waals surface area contributed by atoms with Gasteiger partial charge in [0, 0.05) is 4.43 Å². The maximum atomic E-state index is 2.60. The summed E-state index contributed by atoms with van der Waals surface area (Å²) in [4.78, 5) is 0. The van der Waals surface area contributed by atoms with Crippen LogP contribution < -0.4 is 5.19 Å². The van der Waals surface area contributed by atoms with Crippen LogP contribution in [0.5, 0.6) is 0 Å². The van der Waals surface area contributed by atoms with E-state index in [-0.39, 0.29) is 0 Å². The molecule has 12 heavy (non-hydrogen) atoms. The van der Waals surface area contributed by atoms with Gasteiger partial charge in [0.1, 0.15) is 0 Å². The second kappa shape index (κ2) is 5.44. The molecule has 5 heteroatoms. The van der Waals surface area contributed by atoms with Gasteiger partial charge >= 0.3 is 0 Å². The summed E-state index contributed by atoms with van der Waals surface area (Å²) in [5.41, 5.74) is 1.50. The third-order valence-corrected chi connectivity index (χ3v) is 8.62. The first kappa shape index (κ1) is 12.4. The Kier molecular flexibility index (Phi) is 5.64. The fourth-order valence-electron chi connectivity index (χ4n) is 0.913. The lowest BCUT2D eigenvalue weighted by Crippen LogP contribution is -2.30. The second-order valence-electron chi connectivity index (χ2n) is 2.29. The Hall–Kier alpha value is 2.36. The summed E-state index contributed by atoms with van der Waals surface area (Å²) < 4.78 is -0.0709. The summed E-state index contributed by atoms with van der Waals surface area (Å²) in [6, 6.07) is 8.77. The molecule has 0 nitrogen and oxygen atoms in total. The molecule has 0 aliphatic rings. The van der Waals surface area contributed by atoms with Crippen molar-refractivity contribution in [2.24, 2.45) is 0 Å². The number of halogens is 4. The third-order valence-electron chi connectivity index (χ3n) is 1.47. The Bertz CT molecular complexity index is 268. The minimum absolute atomic E-state index is 1.12. The molecule has 0 heterocycles. The van der Waals surface area contributed by atoms with Crippen LogP contribution in [-0.2, 0) is 4.43 Å². The highest BCUT2D eigenvalue weighted by atomic mass is 127. The summed E-state index contributed by atoms with van der Waals surface area (Å²) in [6.45, 7) is 0. The minimum atomic E-state index is -1.19. The molecule has 0 amide bonds. The van der Waals surface area contributed by atoms with Gasteiger partial charge in [-0.2, -0.15) is 0 Å². The summed E-state index contributed by atoms with van der Waals surface area (Å²) in [6.07, 6.45) is 0. The van der Waals surface area contributed by atoms with Crippen LogP contribution in [0.4, 0.5) is 0 Å². The fourth-order valence-corrected chi connectivity index (χ4v) is 7.50. The van der Waals surface area contributed by atoms with E-state index >= 15 is 0 Å². The van der Waals surface area contributed by atoms with Crippen molar-refractivity contribution in [3.05, 3.63) is 29.8 Å². The lowest BCUT2D eigenvalue weighted by Gasteiger charge is -2.13. The molecule has 0 aliphatic carbocycles. The third kappa shape index (κ3) is 3.49. The van der Waals surface area contributed by atoms with E-state index in [1.165, 1.54) is 5.56 Å². The van der Waals surface area contributed by atoms with Gasteiger partial charge in [0.2, 0.25) is 0 Å². The Labute approximate surface area is 125 Å². The van der Waals surface area contributed by atoms with Crippen LogP contribution in [0.3, 0.4) is 0 Å². The van der Waals surface area contributed by atoms with Gasteiger partial charge in [-0.1, -0.05) is 112 Å². The predicted octanol–water partition coefficient (Wildman–Crippen LogP) is 4.07. The van der Waals surface area contributed by atoms with Crippen molar-refractivity contribution >= 4 is 93.7 Å². The quantitative estimate of drug-likeness (QED) is 0.201. The molecule has 0 N–H and O–H groups in total. The fraction of sp³-hybridized carbons (Fsp3) is 0.143. The standard InChI is InChI=1S/C7H6I4Si/c8-5-6-3-1-2-4-7(6)12(9,10)11/h1-4H,5H2. The van der Waals surface area contributed by atoms with Gasteiger partial charge in [0.05, 0.1) is 0 Å². The molecular weight excluding hydrogens is 620 g/mol. The molecule has 0 bridgehead atoms. The highest BCUT2D eigenvalue weighted by molar-refractivity contribution is 14.4. The monoisotopic (exact) mass is 626 g/mol. The zero-order valence-corrected chi connectivity index (χ0v) is 15.7. The average molecular weight is 626 g/mol. The zero-order valence-electron chi connectivity index (χ0n) is 6.03. The highest BCUT2D eigenvalue weighted by Crippen LogP contribution is 2.30. The van der Waals surface area contributed by atoms with E-state index in [9.17, 15) is 0 Å². The van der Waals surface area contributed by atoms with E-state index in [1.807, 2.05) is 0 Å². The Morgan fingerprint density at radius 2 is 1.67 bits per heavy atom. The van der Waals surface area contributed by atoms with Gasteiger partial charge in [-0.3, -0.25) is 0 Å². The van der Waals surface area contributed by atoms with Gasteiger partial charge in [0.25, 0.3) is 0.564 Å². The van der Waals surface area contributed by atoms with Crippen molar-refractivity contribution in [2.75, 3.05) is 0 Å². The smallest absolute Gasteiger partial charge is 0.0854 e. The van der Waals surface area contributed by atoms with Crippen molar-refractivity contribution in [1.82, 2.24) is 0 Å². The van der Waals surface area contributed by atoms with E-state index < -0.39 is 0.564 Å². The maximum Gasteiger partial charge on any atom is 0.283 e. The molecule has 1 aromatic rings. The van der Waals surface area contributed by atoms with Crippen LogP contribution in [0.2, 0.25) is 0 Å². The number of hydrogen-bond donors (Lipinski definition) is 0. The molecule has 0 unspecified atom stereocenters. The van der Waals surface area contributed by atoms with Crippen molar-refractivity contribution in [1.29, 1.82) is 0 Å². The van der Waals surface area contributed by atoms with E-state index in [1.54, 1.807) is 5.19 Å². The molecule has 0 saturated heterocycles. The lowest BCUT2D eigenvalue weighted by atomic mass is 10.2. The van der Waals surface area contributed by atoms with Crippen molar-refractivity contribution in [2.45, 2.75) is 4.43 Å². The van der Waals surface area contributed by atoms with Crippen LogP contribution in [-0.4, -0.2) is 0.564 Å². The number of benzene rings is 1. The van der Waals surface area contributed by atoms with E-state index in [4.69, 9.17) is 0 Å². The van der Waals surface area contributed by atoms with Crippen molar-refractivity contribution < 1.29 is 0 Å². The van der Waals surface area contributed by atoms with Gasteiger partial charge in [-0.05, 0) is 10.8 Å². The predicted molar refractivity (Wildman–Crippen MR) is 91.6 cm³/mol. The minimum Gasteiger partial charge on any atom is -0.0854 e. The van der Waals surface area contributed by atoms with Gasteiger partial charge in [-0.15, -0.1) is 0 Å². The molecule has 1 rings (SSSR count). The molecule has 0 fully saturated rings. The summed E-state index contributed by atoms with van der Waals surface area (Å²) >= 11 is 10.2. The molecule has 0 saturated carbocycles. The first-order valence-electron chi connectivity index (χ1n) is 3.27. The maximum absolute atomic E-state index is 2.60. The number of hydrogen-bond acceptors (Lipinski definition) is 0. The van der Waals surface area contributed by atoms with Crippen molar-refractivity contribution in [3.63, 3.8) is 0 Å². The van der Waals surface area contributed by atoms with Gasteiger partial charge in [-0.25, -0.2) is 0 Å². The van der Waals surface area contributed by atoms with Crippen LogP contribution in [0, 0.1) is 0 Å². The van der Waals surface area contributed by atoms with E-state index in [0.29, 0.717) is 0 Å². The SMILES string of the molecule is ICc1ccccc1[Si](I)(I)I. The molecule has 0 atom stereocenters. The Balaban J connectivity index is 3.14. The Morgan fingerprint density at radius 3 is 2.08 bits per heavy atom. The first-order chi connectivity index (χ1) is 5.55. The first-order valence-corrected chi connectivity index (χ1v) is 16.1. The normalized spacial score (nSPS) is 11.7. The van der Waals surface area contributed by atoms with Crippen LogP contribution >= 0.6 is 88.0 Å². The molecule has 0 aromatic heterocycles. The molecule has 0 radical (unpaired) electrons. The Morgan fingerprint density at radius 1 is 1.08 bits per heavy atom. The molecule has 1 aromatic carbocycles. The van der Waals surface area contributed by atoms with Crippen LogP contribution in [0.15, 0.2) is 24.3 Å². The van der Waals surface area contributed by atoms with Gasteiger partial charge < -0.3 is 0 Å². The topological polar surface area (TPSA) is 0 Å². The van der Waals surface area contributed by atoms with Crippen molar-refractivity contribution in [3.8, 4) is 0 Å². The number of alkyl halides is 1. The van der Waals surface area contributed by atoms with E-state index in [2.05, 4.69) is 112 Å². The summed E-state index contributed by atoms with van der Waals surface area (Å²) in [5.74, 6) is 0. The average Bonchev–Trinajstić information content (AvgIpc) is 2.03. The lowest BCUT2D eigenvalue weighted by molar-refractivity contribution is 1.50. The summed E-state index contributed by atoms with van der Waals surface area (Å²) in [5, 5.41) is 1.57. The van der Waals surface area contributed by atoms with Crippen LogP contribution in [0.1, 0.15) is 5.56 Å². The number of rotatable bonds is 2. The largest absolute Gasteiger partial charge is 0.283 e. The summed E-state index contributed by atoms with van der Waals surface area (Å²) in [7, 11) is 0. The highest BCUT2D eigenvalue weighted by Gasteiger charge is 2.26. The molecule has 66 valence electrons. The van der Waals surface area contributed by atoms with Crippen LogP contribution in [0.25, 0.3) is 0 Å².